The highest BCUT2D eigenvalue weighted by Crippen LogP contribution is 2.16. The lowest BCUT2D eigenvalue weighted by Crippen LogP contribution is -2.29. The van der Waals surface area contributed by atoms with Gasteiger partial charge in [0.05, 0.1) is 6.54 Å². The van der Waals surface area contributed by atoms with Crippen LogP contribution in [0.5, 0.6) is 0 Å². The van der Waals surface area contributed by atoms with Gasteiger partial charge in [-0.2, -0.15) is 0 Å². The first-order chi connectivity index (χ1) is 9.47. The molecule has 4 nitrogen and oxygen atoms in total. The van der Waals surface area contributed by atoms with Crippen molar-refractivity contribution >= 4 is 0 Å². The van der Waals surface area contributed by atoms with Crippen LogP contribution in [0.1, 0.15) is 28.6 Å². The normalized spacial score (nSPS) is 12.9. The van der Waals surface area contributed by atoms with Crippen molar-refractivity contribution in [2.24, 2.45) is 12.8 Å². The zero-order chi connectivity index (χ0) is 14.7. The maximum absolute atomic E-state index is 6.31. The fourth-order valence-electron chi connectivity index (χ4n) is 2.29. The Labute approximate surface area is 121 Å². The van der Waals surface area contributed by atoms with Crippen LogP contribution in [0.25, 0.3) is 0 Å². The van der Waals surface area contributed by atoms with Gasteiger partial charge in [0, 0.05) is 32.0 Å². The maximum Gasteiger partial charge on any atom is 0.122 e. The Hall–Kier alpha value is -1.65. The van der Waals surface area contributed by atoms with Crippen molar-refractivity contribution in [3.05, 3.63) is 53.1 Å². The SMILES string of the molecule is Cc1ccc(C(N)CN(C)Cc2nccn2C)cc1C. The number of nitrogens with two attached hydrogens (primary N) is 1. The molecule has 2 rings (SSSR count). The number of nitrogens with zero attached hydrogens (tertiary/aromatic N) is 3. The highest BCUT2D eigenvalue weighted by atomic mass is 15.2. The van der Waals surface area contributed by atoms with E-state index in [0.29, 0.717) is 0 Å². The second kappa shape index (κ2) is 6.20. The van der Waals surface area contributed by atoms with Crippen LogP contribution < -0.4 is 5.73 Å². The highest BCUT2D eigenvalue weighted by molar-refractivity contribution is 5.31. The lowest BCUT2D eigenvalue weighted by atomic mass is 10.0. The minimum atomic E-state index is 0.0274. The lowest BCUT2D eigenvalue weighted by molar-refractivity contribution is 0.295. The van der Waals surface area contributed by atoms with Gasteiger partial charge in [0.2, 0.25) is 0 Å². The third-order valence-corrected chi connectivity index (χ3v) is 3.80. The fourth-order valence-corrected chi connectivity index (χ4v) is 2.29. The molecule has 0 aliphatic rings. The van der Waals surface area contributed by atoms with Crippen LogP contribution in [0.15, 0.2) is 30.6 Å². The summed E-state index contributed by atoms with van der Waals surface area (Å²) in [5.74, 6) is 1.06. The number of aromatic nitrogens is 2. The molecule has 1 aromatic carbocycles. The number of hydrogen-bond acceptors (Lipinski definition) is 3. The van der Waals surface area contributed by atoms with Crippen molar-refractivity contribution in [2.75, 3.05) is 13.6 Å². The number of rotatable bonds is 5. The van der Waals surface area contributed by atoms with Gasteiger partial charge in [-0.3, -0.25) is 4.90 Å². The predicted octanol–water partition coefficient (Wildman–Crippen LogP) is 2.17. The number of aryl methyl sites for hydroxylation is 3. The lowest BCUT2D eigenvalue weighted by Gasteiger charge is -2.21. The zero-order valence-corrected chi connectivity index (χ0v) is 12.8. The first kappa shape index (κ1) is 14.8. The number of likely N-dealkylation sites (N-methyl/N-ethyl adjacent to an activating group) is 1. The van der Waals surface area contributed by atoms with E-state index < -0.39 is 0 Å². The van der Waals surface area contributed by atoms with E-state index in [1.807, 2.05) is 24.0 Å². The molecule has 0 saturated carbocycles. The van der Waals surface area contributed by atoms with E-state index in [0.717, 1.165) is 18.9 Å². The van der Waals surface area contributed by atoms with Crippen molar-refractivity contribution < 1.29 is 0 Å². The molecule has 0 aliphatic heterocycles. The summed E-state index contributed by atoms with van der Waals surface area (Å²) in [6, 6.07) is 6.49. The molecule has 2 N–H and O–H groups in total. The van der Waals surface area contributed by atoms with Gasteiger partial charge in [0.1, 0.15) is 5.82 Å². The Morgan fingerprint density at radius 2 is 2.05 bits per heavy atom. The third kappa shape index (κ3) is 3.46. The molecule has 0 aliphatic carbocycles. The molecule has 1 aromatic heterocycles. The predicted molar refractivity (Wildman–Crippen MR) is 82.4 cm³/mol. The molecule has 0 saturated heterocycles. The van der Waals surface area contributed by atoms with E-state index in [2.05, 4.69) is 49.0 Å². The summed E-state index contributed by atoms with van der Waals surface area (Å²) in [4.78, 5) is 6.55. The quantitative estimate of drug-likeness (QED) is 0.907. The van der Waals surface area contributed by atoms with Gasteiger partial charge in [-0.25, -0.2) is 4.98 Å². The largest absolute Gasteiger partial charge is 0.337 e. The molecule has 0 fully saturated rings. The van der Waals surface area contributed by atoms with Crippen LogP contribution in [0.3, 0.4) is 0 Å². The maximum atomic E-state index is 6.31. The summed E-state index contributed by atoms with van der Waals surface area (Å²) in [6.07, 6.45) is 3.79. The Balaban J connectivity index is 1.98. The zero-order valence-electron chi connectivity index (χ0n) is 12.8. The minimum Gasteiger partial charge on any atom is -0.337 e. The van der Waals surface area contributed by atoms with Crippen molar-refractivity contribution in [1.29, 1.82) is 0 Å². The minimum absolute atomic E-state index is 0.0274. The molecule has 108 valence electrons. The standard InChI is InChI=1S/C16H24N4/c1-12-5-6-14(9-13(12)2)15(17)10-19(3)11-16-18-7-8-20(16)4/h5-9,15H,10-11,17H2,1-4H3. The highest BCUT2D eigenvalue weighted by Gasteiger charge is 2.12. The summed E-state index contributed by atoms with van der Waals surface area (Å²) in [6.45, 7) is 5.87. The summed E-state index contributed by atoms with van der Waals surface area (Å²) < 4.78 is 2.04. The molecular formula is C16H24N4. The van der Waals surface area contributed by atoms with Crippen LogP contribution in [-0.2, 0) is 13.6 Å². The fraction of sp³-hybridized carbons (Fsp3) is 0.438. The van der Waals surface area contributed by atoms with Crippen LogP contribution in [0.2, 0.25) is 0 Å². The van der Waals surface area contributed by atoms with Gasteiger partial charge in [0.15, 0.2) is 0 Å². The van der Waals surface area contributed by atoms with Gasteiger partial charge in [-0.15, -0.1) is 0 Å². The van der Waals surface area contributed by atoms with E-state index in [-0.39, 0.29) is 6.04 Å². The van der Waals surface area contributed by atoms with Crippen molar-refractivity contribution in [3.63, 3.8) is 0 Å². The average Bonchev–Trinajstić information content (AvgIpc) is 2.78. The van der Waals surface area contributed by atoms with E-state index in [9.17, 15) is 0 Å². The number of hydrogen-bond donors (Lipinski definition) is 1. The van der Waals surface area contributed by atoms with Gasteiger partial charge >= 0.3 is 0 Å². The molecule has 4 heteroatoms. The second-order valence-electron chi connectivity index (χ2n) is 5.60. The summed E-state index contributed by atoms with van der Waals surface area (Å²) >= 11 is 0. The Morgan fingerprint density at radius 1 is 1.30 bits per heavy atom. The third-order valence-electron chi connectivity index (χ3n) is 3.80. The van der Waals surface area contributed by atoms with Gasteiger partial charge in [-0.1, -0.05) is 18.2 Å². The van der Waals surface area contributed by atoms with E-state index >= 15 is 0 Å². The molecule has 20 heavy (non-hydrogen) atoms. The van der Waals surface area contributed by atoms with E-state index in [1.54, 1.807) is 0 Å². The molecule has 1 heterocycles. The van der Waals surface area contributed by atoms with Crippen molar-refractivity contribution in [3.8, 4) is 0 Å². The molecule has 1 unspecified atom stereocenters. The molecular weight excluding hydrogens is 248 g/mol. The molecule has 1 atom stereocenters. The second-order valence-corrected chi connectivity index (χ2v) is 5.60. The molecule has 0 amide bonds. The van der Waals surface area contributed by atoms with Crippen LogP contribution in [0, 0.1) is 13.8 Å². The van der Waals surface area contributed by atoms with Crippen molar-refractivity contribution in [1.82, 2.24) is 14.5 Å². The molecule has 0 spiro atoms. The van der Waals surface area contributed by atoms with E-state index in [4.69, 9.17) is 5.73 Å². The Kier molecular flexibility index (Phi) is 4.57. The first-order valence-electron chi connectivity index (χ1n) is 6.95. The van der Waals surface area contributed by atoms with Gasteiger partial charge in [0.25, 0.3) is 0 Å². The topological polar surface area (TPSA) is 47.1 Å². The molecule has 0 radical (unpaired) electrons. The Bertz CT molecular complexity index is 574. The smallest absolute Gasteiger partial charge is 0.122 e. The van der Waals surface area contributed by atoms with E-state index in [1.165, 1.54) is 16.7 Å². The number of benzene rings is 1. The Morgan fingerprint density at radius 3 is 2.65 bits per heavy atom. The van der Waals surface area contributed by atoms with Crippen LogP contribution in [0.4, 0.5) is 0 Å². The monoisotopic (exact) mass is 272 g/mol. The van der Waals surface area contributed by atoms with Gasteiger partial charge < -0.3 is 10.3 Å². The summed E-state index contributed by atoms with van der Waals surface area (Å²) in [7, 11) is 4.09. The van der Waals surface area contributed by atoms with Crippen molar-refractivity contribution in [2.45, 2.75) is 26.4 Å². The van der Waals surface area contributed by atoms with Crippen LogP contribution in [-0.4, -0.2) is 28.0 Å². The number of imidazole rings is 1. The molecule has 0 bridgehead atoms. The average molecular weight is 272 g/mol. The van der Waals surface area contributed by atoms with Gasteiger partial charge in [-0.05, 0) is 37.6 Å². The summed E-state index contributed by atoms with van der Waals surface area (Å²) in [5, 5.41) is 0. The first-order valence-corrected chi connectivity index (χ1v) is 6.95. The van der Waals surface area contributed by atoms with Crippen LogP contribution >= 0.6 is 0 Å². The summed E-state index contributed by atoms with van der Waals surface area (Å²) in [5.41, 5.74) is 10.1. The molecule has 2 aromatic rings.